The fraction of sp³-hybridized carbons (Fsp3) is 0.900. The third kappa shape index (κ3) is 9.74. The van der Waals surface area contributed by atoms with Crippen LogP contribution >= 0.6 is 0 Å². The Morgan fingerprint density at radius 3 is 2.38 bits per heavy atom. The Hall–Kier alpha value is -0.180. The average molecular weight is 205 g/mol. The predicted octanol–water partition coefficient (Wildman–Crippen LogP) is 2.29. The first kappa shape index (κ1) is 12.8. The molecule has 0 saturated heterocycles. The fourth-order valence-corrected chi connectivity index (χ4v) is 2.50. The molecule has 0 heterocycles. The number of hydrogen-bond donors (Lipinski definition) is 1. The first-order valence-corrected chi connectivity index (χ1v) is 6.95. The summed E-state index contributed by atoms with van der Waals surface area (Å²) >= 11 is 0. The van der Waals surface area contributed by atoms with Crippen molar-refractivity contribution in [3.8, 4) is 0 Å². The Labute approximate surface area is 84.1 Å². The molecule has 0 fully saturated rings. The van der Waals surface area contributed by atoms with Crippen LogP contribution in [0.2, 0.25) is 0 Å². The van der Waals surface area contributed by atoms with Crippen molar-refractivity contribution in [3.63, 3.8) is 0 Å². The molecular weight excluding hydrogens is 184 g/mol. The Balaban J connectivity index is 3.17. The molecule has 1 N–H and O–H groups in total. The van der Waals surface area contributed by atoms with E-state index >= 15 is 0 Å². The van der Waals surface area contributed by atoms with E-state index in [2.05, 4.69) is 6.92 Å². The van der Waals surface area contributed by atoms with E-state index in [0.717, 1.165) is 5.75 Å². The molecule has 0 bridgehead atoms. The minimum Gasteiger partial charge on any atom is -0.478 e. The molecule has 1 unspecified atom stereocenters. The maximum atomic E-state index is 10.4. The molecule has 0 radical (unpaired) electrons. The molecule has 0 aliphatic carbocycles. The van der Waals surface area contributed by atoms with Crippen LogP contribution in [0.25, 0.3) is 0 Å². The minimum atomic E-state index is -0.653. The van der Waals surface area contributed by atoms with Crippen LogP contribution in [0.5, 0.6) is 0 Å². The topological polar surface area (TPSA) is 37.3 Å². The molecule has 0 saturated carbocycles. The zero-order valence-electron chi connectivity index (χ0n) is 8.71. The normalized spacial score (nSPS) is 12.8. The van der Waals surface area contributed by atoms with Gasteiger partial charge in [-0.25, -0.2) is 4.79 Å². The molecule has 0 aliphatic heterocycles. The minimum absolute atomic E-state index is 0.0949. The van der Waals surface area contributed by atoms with Gasteiger partial charge in [-0.1, -0.05) is 26.2 Å². The van der Waals surface area contributed by atoms with Gasteiger partial charge in [0.15, 0.2) is 0 Å². The molecule has 0 aliphatic rings. The van der Waals surface area contributed by atoms with Crippen molar-refractivity contribution in [2.45, 2.75) is 39.0 Å². The van der Waals surface area contributed by atoms with Crippen molar-refractivity contribution in [1.82, 2.24) is 0 Å². The van der Waals surface area contributed by atoms with Crippen molar-refractivity contribution in [2.75, 3.05) is 17.8 Å². The molecule has 2 nitrogen and oxygen atoms in total. The molecule has 0 aromatic rings. The van der Waals surface area contributed by atoms with E-state index < -0.39 is 5.97 Å². The molecule has 1 atom stereocenters. The Morgan fingerprint density at radius 1 is 1.23 bits per heavy atom. The van der Waals surface area contributed by atoms with E-state index in [4.69, 9.17) is 5.11 Å². The van der Waals surface area contributed by atoms with Gasteiger partial charge in [0, 0.05) is 0 Å². The summed E-state index contributed by atoms with van der Waals surface area (Å²) in [7, 11) is 0.0949. The van der Waals surface area contributed by atoms with Crippen LogP contribution in [-0.2, 0) is 15.7 Å². The van der Waals surface area contributed by atoms with Gasteiger partial charge in [-0.05, 0) is 23.7 Å². The summed E-state index contributed by atoms with van der Waals surface area (Å²) in [5.74, 6) is 0.795. The highest BCUT2D eigenvalue weighted by Gasteiger charge is 2.14. The van der Waals surface area contributed by atoms with Crippen molar-refractivity contribution in [1.29, 1.82) is 0 Å². The standard InChI is InChI=1S/C10H20O2S/c1-3-4-5-6-7-8-13(2)9-10(11)12/h3-9H2,1-2H3/p+1. The summed E-state index contributed by atoms with van der Waals surface area (Å²) in [5.41, 5.74) is 0. The lowest BCUT2D eigenvalue weighted by Gasteiger charge is -2.00. The summed E-state index contributed by atoms with van der Waals surface area (Å²) in [6, 6.07) is 0. The smallest absolute Gasteiger partial charge is 0.353 e. The summed E-state index contributed by atoms with van der Waals surface area (Å²) in [6.45, 7) is 2.20. The lowest BCUT2D eigenvalue weighted by atomic mass is 10.2. The summed E-state index contributed by atoms with van der Waals surface area (Å²) in [4.78, 5) is 10.4. The van der Waals surface area contributed by atoms with Gasteiger partial charge >= 0.3 is 5.97 Å². The van der Waals surface area contributed by atoms with Gasteiger partial charge in [0.25, 0.3) is 0 Å². The molecule has 13 heavy (non-hydrogen) atoms. The van der Waals surface area contributed by atoms with Crippen molar-refractivity contribution in [3.05, 3.63) is 0 Å². The van der Waals surface area contributed by atoms with Crippen LogP contribution in [0.3, 0.4) is 0 Å². The fourth-order valence-electron chi connectivity index (χ4n) is 1.23. The molecule has 78 valence electrons. The quantitative estimate of drug-likeness (QED) is 0.487. The Bertz CT molecular complexity index is 137. The second kappa shape index (κ2) is 8.42. The van der Waals surface area contributed by atoms with E-state index in [-0.39, 0.29) is 10.9 Å². The maximum absolute atomic E-state index is 10.4. The van der Waals surface area contributed by atoms with Gasteiger partial charge in [0.05, 0.1) is 6.26 Å². The highest BCUT2D eigenvalue weighted by atomic mass is 32.2. The molecule has 0 amide bonds. The van der Waals surface area contributed by atoms with Crippen LogP contribution in [0.1, 0.15) is 39.0 Å². The predicted molar refractivity (Wildman–Crippen MR) is 59.4 cm³/mol. The Kier molecular flexibility index (Phi) is 8.30. The highest BCUT2D eigenvalue weighted by Crippen LogP contribution is 2.05. The molecular formula is C10H21O2S+. The SMILES string of the molecule is CCCCCCC[S+](C)CC(=O)O. The van der Waals surface area contributed by atoms with Gasteiger partial charge < -0.3 is 5.11 Å². The van der Waals surface area contributed by atoms with E-state index in [0.29, 0.717) is 5.75 Å². The first-order chi connectivity index (χ1) is 6.16. The first-order valence-electron chi connectivity index (χ1n) is 4.97. The van der Waals surface area contributed by atoms with Crippen molar-refractivity contribution >= 4 is 16.9 Å². The van der Waals surface area contributed by atoms with Gasteiger partial charge in [0.2, 0.25) is 5.75 Å². The van der Waals surface area contributed by atoms with Gasteiger partial charge in [-0.2, -0.15) is 0 Å². The number of hydrogen-bond acceptors (Lipinski definition) is 1. The van der Waals surface area contributed by atoms with Gasteiger partial charge in [-0.3, -0.25) is 0 Å². The third-order valence-corrected chi connectivity index (χ3v) is 3.69. The number of rotatable bonds is 8. The monoisotopic (exact) mass is 205 g/mol. The van der Waals surface area contributed by atoms with Crippen LogP contribution in [0, 0.1) is 0 Å². The summed E-state index contributed by atoms with van der Waals surface area (Å²) in [6.07, 6.45) is 8.41. The lowest BCUT2D eigenvalue weighted by molar-refractivity contribution is -0.133. The maximum Gasteiger partial charge on any atom is 0.353 e. The number of unbranched alkanes of at least 4 members (excludes halogenated alkanes) is 4. The second-order valence-corrected chi connectivity index (χ2v) is 5.70. The number of carboxylic acids is 1. The number of carboxylic acid groups (broad SMARTS) is 1. The van der Waals surface area contributed by atoms with E-state index in [9.17, 15) is 4.79 Å². The van der Waals surface area contributed by atoms with Crippen LogP contribution < -0.4 is 0 Å². The Morgan fingerprint density at radius 2 is 1.85 bits per heavy atom. The summed E-state index contributed by atoms with van der Waals surface area (Å²) in [5, 5.41) is 8.53. The second-order valence-electron chi connectivity index (χ2n) is 3.44. The molecule has 0 aromatic carbocycles. The highest BCUT2D eigenvalue weighted by molar-refractivity contribution is 7.96. The largest absolute Gasteiger partial charge is 0.478 e. The molecule has 0 aromatic heterocycles. The van der Waals surface area contributed by atoms with Gasteiger partial charge in [0.1, 0.15) is 5.75 Å². The average Bonchev–Trinajstić information content (AvgIpc) is 2.02. The molecule has 0 rings (SSSR count). The van der Waals surface area contributed by atoms with Crippen molar-refractivity contribution < 1.29 is 9.90 Å². The van der Waals surface area contributed by atoms with Crippen LogP contribution in [-0.4, -0.2) is 28.8 Å². The number of aliphatic carboxylic acids is 1. The molecule has 0 spiro atoms. The zero-order valence-corrected chi connectivity index (χ0v) is 9.53. The third-order valence-electron chi connectivity index (χ3n) is 1.97. The number of carbonyl (C=O) groups is 1. The van der Waals surface area contributed by atoms with Gasteiger partial charge in [-0.15, -0.1) is 0 Å². The van der Waals surface area contributed by atoms with E-state index in [1.807, 2.05) is 6.26 Å². The van der Waals surface area contributed by atoms with Crippen molar-refractivity contribution in [2.24, 2.45) is 0 Å². The zero-order chi connectivity index (χ0) is 10.1. The van der Waals surface area contributed by atoms with E-state index in [1.165, 1.54) is 32.1 Å². The lowest BCUT2D eigenvalue weighted by Crippen LogP contribution is -2.17. The van der Waals surface area contributed by atoms with Crippen LogP contribution in [0.4, 0.5) is 0 Å². The summed E-state index contributed by atoms with van der Waals surface area (Å²) < 4.78 is 0. The molecule has 3 heteroatoms. The van der Waals surface area contributed by atoms with Crippen LogP contribution in [0.15, 0.2) is 0 Å². The van der Waals surface area contributed by atoms with E-state index in [1.54, 1.807) is 0 Å².